The molecule has 0 bridgehead atoms. The highest BCUT2D eigenvalue weighted by atomic mass is 79.9. The van der Waals surface area contributed by atoms with E-state index in [0.717, 1.165) is 14.2 Å². The van der Waals surface area contributed by atoms with Crippen molar-refractivity contribution < 1.29 is 19.1 Å². The number of carbonyl (C=O) groups is 2. The third kappa shape index (κ3) is 4.34. The van der Waals surface area contributed by atoms with E-state index in [1.807, 2.05) is 0 Å². The smallest absolute Gasteiger partial charge is 0.320 e. The fraction of sp³-hybridized carbons (Fsp3) is 0.714. The minimum Gasteiger partial charge on any atom is -0.469 e. The van der Waals surface area contributed by atoms with Gasteiger partial charge < -0.3 is 9.47 Å². The van der Waals surface area contributed by atoms with Gasteiger partial charge in [-0.1, -0.05) is 50.7 Å². The third-order valence-corrected chi connectivity index (χ3v) is 3.13. The first-order valence-corrected chi connectivity index (χ1v) is 5.67. The Morgan fingerprint density at radius 3 is 1.80 bits per heavy atom. The normalized spacial score (nSPS) is 15.3. The molecule has 0 aromatic carbocycles. The summed E-state index contributed by atoms with van der Waals surface area (Å²) in [7, 11) is 2.28. The largest absolute Gasteiger partial charge is 0.469 e. The maximum absolute atomic E-state index is 11.3. The summed E-state index contributed by atoms with van der Waals surface area (Å²) in [6.07, 6.45) is 0. The van der Waals surface area contributed by atoms with E-state index in [2.05, 4.69) is 25.4 Å². The number of halogens is 4. The molecule has 0 aliphatic carbocycles. The number of ether oxygens (including phenoxy) is 2. The Labute approximate surface area is 110 Å². The molecular formula is C7H8BrCl3O4. The standard InChI is InChI=1S/C7H8BrCl3O4/c1-14-5(12)3(7(9,10)11)4(8)6(13)15-2/h3-4H,1-2H3. The molecule has 2 unspecified atom stereocenters. The minimum absolute atomic E-state index is 0.725. The van der Waals surface area contributed by atoms with Crippen molar-refractivity contribution >= 4 is 62.7 Å². The highest BCUT2D eigenvalue weighted by Crippen LogP contribution is 2.40. The second kappa shape index (κ2) is 6.13. The molecule has 0 fully saturated rings. The summed E-state index contributed by atoms with van der Waals surface area (Å²) in [5, 5.41) is 0. The molecule has 0 aliphatic heterocycles. The number of hydrogen-bond acceptors (Lipinski definition) is 4. The van der Waals surface area contributed by atoms with Crippen LogP contribution in [-0.4, -0.2) is 34.8 Å². The summed E-state index contributed by atoms with van der Waals surface area (Å²) < 4.78 is 6.88. The lowest BCUT2D eigenvalue weighted by atomic mass is 10.1. The van der Waals surface area contributed by atoms with Gasteiger partial charge in [-0.15, -0.1) is 0 Å². The second-order valence-electron chi connectivity index (χ2n) is 2.47. The van der Waals surface area contributed by atoms with Crippen LogP contribution in [0.1, 0.15) is 0 Å². The maximum Gasteiger partial charge on any atom is 0.320 e. The van der Waals surface area contributed by atoms with Crippen LogP contribution >= 0.6 is 50.7 Å². The van der Waals surface area contributed by atoms with Crippen molar-refractivity contribution in [3.05, 3.63) is 0 Å². The lowest BCUT2D eigenvalue weighted by molar-refractivity contribution is -0.150. The lowest BCUT2D eigenvalue weighted by Gasteiger charge is -2.24. The van der Waals surface area contributed by atoms with Crippen LogP contribution in [-0.2, 0) is 19.1 Å². The van der Waals surface area contributed by atoms with Gasteiger partial charge in [-0.2, -0.15) is 0 Å². The topological polar surface area (TPSA) is 52.6 Å². The summed E-state index contributed by atoms with van der Waals surface area (Å²) in [5.74, 6) is -2.82. The van der Waals surface area contributed by atoms with Crippen molar-refractivity contribution in [1.82, 2.24) is 0 Å². The van der Waals surface area contributed by atoms with Crippen molar-refractivity contribution in [2.24, 2.45) is 5.92 Å². The second-order valence-corrected chi connectivity index (χ2v) is 5.82. The first kappa shape index (κ1) is 15.3. The van der Waals surface area contributed by atoms with Crippen molar-refractivity contribution in [2.75, 3.05) is 14.2 Å². The summed E-state index contributed by atoms with van der Waals surface area (Å²) >= 11 is 19.6. The fourth-order valence-corrected chi connectivity index (χ4v) is 2.70. The molecule has 15 heavy (non-hydrogen) atoms. The van der Waals surface area contributed by atoms with E-state index < -0.39 is 26.5 Å². The van der Waals surface area contributed by atoms with Crippen molar-refractivity contribution in [3.8, 4) is 0 Å². The number of methoxy groups -OCH3 is 2. The van der Waals surface area contributed by atoms with Gasteiger partial charge in [-0.25, -0.2) is 0 Å². The zero-order valence-corrected chi connectivity index (χ0v) is 11.7. The molecule has 8 heteroatoms. The predicted octanol–water partition coefficient (Wildman–Crippen LogP) is 2.08. The lowest BCUT2D eigenvalue weighted by Crippen LogP contribution is -2.40. The summed E-state index contributed by atoms with van der Waals surface area (Å²) in [6, 6.07) is 0. The van der Waals surface area contributed by atoms with Crippen molar-refractivity contribution in [2.45, 2.75) is 8.62 Å². The Balaban J connectivity index is 4.95. The Morgan fingerprint density at radius 2 is 1.53 bits per heavy atom. The first-order chi connectivity index (χ1) is 6.75. The molecule has 0 aromatic rings. The Morgan fingerprint density at radius 1 is 1.13 bits per heavy atom. The van der Waals surface area contributed by atoms with Gasteiger partial charge in [0.05, 0.1) is 14.2 Å². The zero-order valence-electron chi connectivity index (χ0n) is 7.80. The van der Waals surface area contributed by atoms with Gasteiger partial charge in [0.25, 0.3) is 0 Å². The molecule has 88 valence electrons. The van der Waals surface area contributed by atoms with Gasteiger partial charge >= 0.3 is 11.9 Å². The number of alkyl halides is 4. The Hall–Kier alpha value is 0.290. The van der Waals surface area contributed by atoms with Gasteiger partial charge in [-0.3, -0.25) is 9.59 Å². The van der Waals surface area contributed by atoms with Gasteiger partial charge in [0, 0.05) is 0 Å². The van der Waals surface area contributed by atoms with Crippen LogP contribution in [0.25, 0.3) is 0 Å². The molecule has 0 aromatic heterocycles. The van der Waals surface area contributed by atoms with E-state index in [1.165, 1.54) is 0 Å². The number of hydrogen-bond donors (Lipinski definition) is 0. The van der Waals surface area contributed by atoms with Gasteiger partial charge in [0.15, 0.2) is 0 Å². The molecule has 0 rings (SSSR count). The van der Waals surface area contributed by atoms with E-state index in [-0.39, 0.29) is 0 Å². The van der Waals surface area contributed by atoms with Crippen LogP contribution in [0.3, 0.4) is 0 Å². The zero-order chi connectivity index (χ0) is 12.2. The average Bonchev–Trinajstić information content (AvgIpc) is 2.14. The summed E-state index contributed by atoms with van der Waals surface area (Å²) in [6.45, 7) is 0. The van der Waals surface area contributed by atoms with E-state index in [9.17, 15) is 9.59 Å². The summed E-state index contributed by atoms with van der Waals surface area (Å²) in [5.41, 5.74) is 0. The van der Waals surface area contributed by atoms with Gasteiger partial charge in [0.2, 0.25) is 3.79 Å². The number of esters is 2. The molecule has 0 heterocycles. The fourth-order valence-electron chi connectivity index (χ4n) is 0.795. The Kier molecular flexibility index (Phi) is 6.25. The third-order valence-electron chi connectivity index (χ3n) is 1.53. The molecule has 0 aliphatic rings. The maximum atomic E-state index is 11.3. The highest BCUT2D eigenvalue weighted by molar-refractivity contribution is 9.10. The Bertz CT molecular complexity index is 253. The molecule has 2 atom stereocenters. The molecule has 0 radical (unpaired) electrons. The van der Waals surface area contributed by atoms with Crippen LogP contribution in [0.15, 0.2) is 0 Å². The molecule has 0 saturated heterocycles. The first-order valence-electron chi connectivity index (χ1n) is 3.62. The SMILES string of the molecule is COC(=O)C(Br)C(C(=O)OC)C(Cl)(Cl)Cl. The van der Waals surface area contributed by atoms with E-state index in [4.69, 9.17) is 34.8 Å². The molecule has 0 saturated carbocycles. The minimum atomic E-state index is -1.96. The number of carbonyl (C=O) groups excluding carboxylic acids is 2. The van der Waals surface area contributed by atoms with Gasteiger partial charge in [0.1, 0.15) is 10.7 Å². The van der Waals surface area contributed by atoms with Crippen LogP contribution < -0.4 is 0 Å². The van der Waals surface area contributed by atoms with Crippen molar-refractivity contribution in [3.63, 3.8) is 0 Å². The van der Waals surface area contributed by atoms with Crippen LogP contribution in [0, 0.1) is 5.92 Å². The van der Waals surface area contributed by atoms with Crippen LogP contribution in [0.5, 0.6) is 0 Å². The van der Waals surface area contributed by atoms with Crippen LogP contribution in [0.4, 0.5) is 0 Å². The molecule has 0 amide bonds. The van der Waals surface area contributed by atoms with Crippen LogP contribution in [0.2, 0.25) is 0 Å². The predicted molar refractivity (Wildman–Crippen MR) is 60.5 cm³/mol. The van der Waals surface area contributed by atoms with Crippen molar-refractivity contribution in [1.29, 1.82) is 0 Å². The van der Waals surface area contributed by atoms with E-state index in [1.54, 1.807) is 0 Å². The molecule has 0 spiro atoms. The monoisotopic (exact) mass is 340 g/mol. The molecular weight excluding hydrogens is 334 g/mol. The molecule has 0 N–H and O–H groups in total. The summed E-state index contributed by atoms with van der Waals surface area (Å²) in [4.78, 5) is 21.4. The molecule has 4 nitrogen and oxygen atoms in total. The number of rotatable bonds is 3. The highest BCUT2D eigenvalue weighted by Gasteiger charge is 2.47. The van der Waals surface area contributed by atoms with E-state index >= 15 is 0 Å². The quantitative estimate of drug-likeness (QED) is 0.582. The van der Waals surface area contributed by atoms with Gasteiger partial charge in [-0.05, 0) is 0 Å². The van der Waals surface area contributed by atoms with E-state index in [0.29, 0.717) is 0 Å². The average molecular weight is 342 g/mol.